The number of anilines is 1. The van der Waals surface area contributed by atoms with Gasteiger partial charge in [-0.15, -0.1) is 0 Å². The Morgan fingerprint density at radius 2 is 2.19 bits per heavy atom. The van der Waals surface area contributed by atoms with Crippen molar-refractivity contribution in [2.24, 2.45) is 0 Å². The van der Waals surface area contributed by atoms with E-state index in [0.29, 0.717) is 11.4 Å². The number of carbonyl (C=O) groups is 1. The number of carbonyl (C=O) groups excluding carboxylic acids is 1. The molecule has 0 spiro atoms. The molecule has 0 aliphatic heterocycles. The van der Waals surface area contributed by atoms with Gasteiger partial charge in [0.1, 0.15) is 0 Å². The lowest BCUT2D eigenvalue weighted by atomic mass is 10.2. The van der Waals surface area contributed by atoms with Crippen LogP contribution >= 0.6 is 22.6 Å². The van der Waals surface area contributed by atoms with E-state index in [2.05, 4.69) is 38.1 Å². The third-order valence-corrected chi connectivity index (χ3v) is 3.01. The van der Waals surface area contributed by atoms with Crippen LogP contribution < -0.4 is 5.32 Å². The first-order valence-corrected chi connectivity index (χ1v) is 5.82. The number of nitrogens with one attached hydrogen (secondary N) is 2. The second-order valence-electron chi connectivity index (χ2n) is 3.37. The number of rotatable bonds is 2. The van der Waals surface area contributed by atoms with Gasteiger partial charge in [0.25, 0.3) is 5.91 Å². The topological polar surface area (TPSA) is 57.8 Å². The number of H-pyrrole nitrogens is 1. The van der Waals surface area contributed by atoms with Crippen LogP contribution in [0.2, 0.25) is 0 Å². The van der Waals surface area contributed by atoms with Crippen LogP contribution in [0.15, 0.2) is 30.3 Å². The minimum Gasteiger partial charge on any atom is -0.305 e. The van der Waals surface area contributed by atoms with E-state index in [1.165, 1.54) is 0 Å². The van der Waals surface area contributed by atoms with Crippen LogP contribution in [0, 0.1) is 10.5 Å². The number of aromatic nitrogens is 2. The molecule has 0 atom stereocenters. The maximum Gasteiger partial charge on any atom is 0.257 e. The molecule has 0 unspecified atom stereocenters. The molecule has 2 N–H and O–H groups in total. The van der Waals surface area contributed by atoms with Crippen molar-refractivity contribution in [2.75, 3.05) is 5.32 Å². The first kappa shape index (κ1) is 11.1. The van der Waals surface area contributed by atoms with Crippen molar-refractivity contribution in [1.29, 1.82) is 0 Å². The molecule has 1 heterocycles. The number of amides is 1. The van der Waals surface area contributed by atoms with Crippen LogP contribution in [0.25, 0.3) is 0 Å². The van der Waals surface area contributed by atoms with Gasteiger partial charge in [0.2, 0.25) is 0 Å². The van der Waals surface area contributed by atoms with Gasteiger partial charge < -0.3 is 5.32 Å². The molecule has 16 heavy (non-hydrogen) atoms. The fourth-order valence-electron chi connectivity index (χ4n) is 1.31. The van der Waals surface area contributed by atoms with E-state index in [1.807, 2.05) is 25.1 Å². The smallest absolute Gasteiger partial charge is 0.257 e. The third-order valence-electron chi connectivity index (χ3n) is 2.07. The zero-order valence-electron chi connectivity index (χ0n) is 8.62. The average Bonchev–Trinajstić information content (AvgIpc) is 2.64. The zero-order valence-corrected chi connectivity index (χ0v) is 10.8. The normalized spacial score (nSPS) is 10.1. The van der Waals surface area contributed by atoms with Gasteiger partial charge in [0.05, 0.1) is 5.56 Å². The first-order valence-electron chi connectivity index (χ1n) is 4.75. The van der Waals surface area contributed by atoms with Crippen LogP contribution in [0.5, 0.6) is 0 Å². The van der Waals surface area contributed by atoms with Crippen LogP contribution in [-0.2, 0) is 0 Å². The predicted octanol–water partition coefficient (Wildman–Crippen LogP) is 2.58. The van der Waals surface area contributed by atoms with Gasteiger partial charge in [-0.2, -0.15) is 5.10 Å². The van der Waals surface area contributed by atoms with E-state index in [-0.39, 0.29) is 5.91 Å². The van der Waals surface area contributed by atoms with Gasteiger partial charge in [-0.25, -0.2) is 0 Å². The molecule has 0 fully saturated rings. The fourth-order valence-corrected chi connectivity index (χ4v) is 1.94. The summed E-state index contributed by atoms with van der Waals surface area (Å²) in [7, 11) is 0. The zero-order chi connectivity index (χ0) is 11.5. The third kappa shape index (κ3) is 2.41. The highest BCUT2D eigenvalue weighted by Gasteiger charge is 2.10. The lowest BCUT2D eigenvalue weighted by Crippen LogP contribution is -2.13. The molecular formula is C11H10IN3O. The minimum absolute atomic E-state index is 0.142. The van der Waals surface area contributed by atoms with E-state index in [9.17, 15) is 4.79 Å². The summed E-state index contributed by atoms with van der Waals surface area (Å²) in [4.78, 5) is 11.9. The van der Waals surface area contributed by atoms with Gasteiger partial charge in [-0.3, -0.25) is 9.89 Å². The Kier molecular flexibility index (Phi) is 3.23. The van der Waals surface area contributed by atoms with Crippen molar-refractivity contribution in [2.45, 2.75) is 6.92 Å². The predicted molar refractivity (Wildman–Crippen MR) is 70.4 cm³/mol. The molecule has 0 bridgehead atoms. The van der Waals surface area contributed by atoms with Crippen LogP contribution in [0.3, 0.4) is 0 Å². The van der Waals surface area contributed by atoms with E-state index < -0.39 is 0 Å². The lowest BCUT2D eigenvalue weighted by molar-refractivity contribution is 0.102. The largest absolute Gasteiger partial charge is 0.305 e. The number of aryl methyl sites for hydroxylation is 1. The molecular weight excluding hydrogens is 317 g/mol. The summed E-state index contributed by atoms with van der Waals surface area (Å²) >= 11 is 2.13. The standard InChI is InChI=1S/C11H10IN3O/c1-7-6-10(15-14-7)13-11(16)8-4-2-3-5-9(8)12/h2-6H,1H3,(H2,13,14,15,16). The van der Waals surface area contributed by atoms with E-state index in [1.54, 1.807) is 12.1 Å². The van der Waals surface area contributed by atoms with Crippen molar-refractivity contribution < 1.29 is 4.79 Å². The Hall–Kier alpha value is -1.37. The van der Waals surface area contributed by atoms with Gasteiger partial charge in [0.15, 0.2) is 5.82 Å². The van der Waals surface area contributed by atoms with E-state index >= 15 is 0 Å². The maximum atomic E-state index is 11.9. The van der Waals surface area contributed by atoms with Crippen LogP contribution in [0.1, 0.15) is 16.1 Å². The number of benzene rings is 1. The molecule has 4 nitrogen and oxygen atoms in total. The highest BCUT2D eigenvalue weighted by molar-refractivity contribution is 14.1. The summed E-state index contributed by atoms with van der Waals surface area (Å²) in [5.74, 6) is 0.402. The van der Waals surface area contributed by atoms with Crippen molar-refractivity contribution in [3.8, 4) is 0 Å². The molecule has 2 aromatic rings. The summed E-state index contributed by atoms with van der Waals surface area (Å²) in [5, 5.41) is 9.46. The molecule has 2 rings (SSSR count). The lowest BCUT2D eigenvalue weighted by Gasteiger charge is -2.03. The molecule has 0 radical (unpaired) electrons. The summed E-state index contributed by atoms with van der Waals surface area (Å²) in [6, 6.07) is 9.21. The average molecular weight is 327 g/mol. The Morgan fingerprint density at radius 3 is 2.81 bits per heavy atom. The van der Waals surface area contributed by atoms with Crippen molar-refractivity contribution in [1.82, 2.24) is 10.2 Å². The van der Waals surface area contributed by atoms with Gasteiger partial charge in [-0.05, 0) is 41.6 Å². The van der Waals surface area contributed by atoms with Gasteiger partial charge in [0, 0.05) is 15.3 Å². The maximum absolute atomic E-state index is 11.9. The van der Waals surface area contributed by atoms with Crippen LogP contribution in [-0.4, -0.2) is 16.1 Å². The van der Waals surface area contributed by atoms with E-state index in [0.717, 1.165) is 9.26 Å². The highest BCUT2D eigenvalue weighted by atomic mass is 127. The van der Waals surface area contributed by atoms with Crippen molar-refractivity contribution >= 4 is 34.3 Å². The number of hydrogen-bond donors (Lipinski definition) is 2. The van der Waals surface area contributed by atoms with E-state index in [4.69, 9.17) is 0 Å². The van der Waals surface area contributed by atoms with Crippen LogP contribution in [0.4, 0.5) is 5.82 Å². The number of hydrogen-bond acceptors (Lipinski definition) is 2. The molecule has 0 saturated heterocycles. The van der Waals surface area contributed by atoms with Crippen molar-refractivity contribution in [3.05, 3.63) is 45.2 Å². The highest BCUT2D eigenvalue weighted by Crippen LogP contribution is 2.13. The second kappa shape index (κ2) is 4.65. The quantitative estimate of drug-likeness (QED) is 0.833. The Labute approximate surface area is 107 Å². The first-order chi connectivity index (χ1) is 7.66. The summed E-state index contributed by atoms with van der Waals surface area (Å²) in [5.41, 5.74) is 1.57. The number of nitrogens with zero attached hydrogens (tertiary/aromatic N) is 1. The number of aromatic amines is 1. The molecule has 0 saturated carbocycles. The molecule has 1 amide bonds. The summed E-state index contributed by atoms with van der Waals surface area (Å²) < 4.78 is 0.921. The summed E-state index contributed by atoms with van der Waals surface area (Å²) in [6.07, 6.45) is 0. The summed E-state index contributed by atoms with van der Waals surface area (Å²) in [6.45, 7) is 1.88. The molecule has 1 aromatic carbocycles. The fraction of sp³-hybridized carbons (Fsp3) is 0.0909. The minimum atomic E-state index is -0.142. The molecule has 5 heteroatoms. The molecule has 82 valence electrons. The monoisotopic (exact) mass is 327 g/mol. The van der Waals surface area contributed by atoms with Crippen molar-refractivity contribution in [3.63, 3.8) is 0 Å². The Balaban J connectivity index is 2.18. The number of halogens is 1. The molecule has 0 aliphatic carbocycles. The van der Waals surface area contributed by atoms with Gasteiger partial charge >= 0.3 is 0 Å². The Morgan fingerprint density at radius 1 is 1.44 bits per heavy atom. The SMILES string of the molecule is Cc1cc(NC(=O)c2ccccc2I)n[nH]1. The van der Waals surface area contributed by atoms with Gasteiger partial charge in [-0.1, -0.05) is 12.1 Å². The second-order valence-corrected chi connectivity index (χ2v) is 4.53. The Bertz CT molecular complexity index is 521. The molecule has 0 aliphatic rings. The molecule has 1 aromatic heterocycles.